The SMILES string of the molecule is CNc1cc(C(=O)NCc2cn[nH]c2C)c(Cl)cn1. The number of carbonyl (C=O) groups is 1. The molecule has 0 saturated heterocycles. The number of aromatic nitrogens is 3. The average Bonchev–Trinajstić information content (AvgIpc) is 2.82. The Morgan fingerprint density at radius 1 is 1.47 bits per heavy atom. The Morgan fingerprint density at radius 3 is 2.89 bits per heavy atom. The number of nitrogens with zero attached hydrogens (tertiary/aromatic N) is 2. The minimum Gasteiger partial charge on any atom is -0.373 e. The van der Waals surface area contributed by atoms with E-state index in [1.165, 1.54) is 6.20 Å². The second kappa shape index (κ2) is 5.71. The number of carbonyl (C=O) groups excluding carboxylic acids is 1. The van der Waals surface area contributed by atoms with Crippen LogP contribution in [0.15, 0.2) is 18.5 Å². The highest BCUT2D eigenvalue weighted by atomic mass is 35.5. The summed E-state index contributed by atoms with van der Waals surface area (Å²) in [6, 6.07) is 1.61. The van der Waals surface area contributed by atoms with Crippen molar-refractivity contribution in [2.24, 2.45) is 0 Å². The molecule has 0 aliphatic heterocycles. The quantitative estimate of drug-likeness (QED) is 0.796. The lowest BCUT2D eigenvalue weighted by atomic mass is 10.2. The largest absolute Gasteiger partial charge is 0.373 e. The van der Waals surface area contributed by atoms with Crippen LogP contribution >= 0.6 is 11.6 Å². The first-order valence-electron chi connectivity index (χ1n) is 5.72. The van der Waals surface area contributed by atoms with E-state index in [0.29, 0.717) is 22.9 Å². The average molecular weight is 280 g/mol. The summed E-state index contributed by atoms with van der Waals surface area (Å²) in [4.78, 5) is 16.1. The van der Waals surface area contributed by atoms with Crippen LogP contribution in [-0.2, 0) is 6.54 Å². The van der Waals surface area contributed by atoms with Gasteiger partial charge in [-0.25, -0.2) is 4.98 Å². The van der Waals surface area contributed by atoms with E-state index in [1.807, 2.05) is 6.92 Å². The molecular formula is C12H14ClN5O. The third kappa shape index (κ3) is 3.03. The van der Waals surface area contributed by atoms with Gasteiger partial charge in [0.25, 0.3) is 5.91 Å². The van der Waals surface area contributed by atoms with Gasteiger partial charge in [-0.2, -0.15) is 5.10 Å². The number of hydrogen-bond acceptors (Lipinski definition) is 4. The molecule has 0 aliphatic carbocycles. The maximum absolute atomic E-state index is 12.1. The number of hydrogen-bond donors (Lipinski definition) is 3. The molecule has 2 heterocycles. The van der Waals surface area contributed by atoms with Gasteiger partial charge in [-0.15, -0.1) is 0 Å². The fraction of sp³-hybridized carbons (Fsp3) is 0.250. The molecule has 0 bridgehead atoms. The van der Waals surface area contributed by atoms with Gasteiger partial charge in [0.1, 0.15) is 5.82 Å². The van der Waals surface area contributed by atoms with Crippen molar-refractivity contribution in [3.8, 4) is 0 Å². The van der Waals surface area contributed by atoms with Crippen LogP contribution in [0.5, 0.6) is 0 Å². The fourth-order valence-corrected chi connectivity index (χ4v) is 1.76. The van der Waals surface area contributed by atoms with Crippen LogP contribution in [0.2, 0.25) is 5.02 Å². The lowest BCUT2D eigenvalue weighted by Crippen LogP contribution is -2.23. The zero-order chi connectivity index (χ0) is 13.8. The molecule has 7 heteroatoms. The van der Waals surface area contributed by atoms with Gasteiger partial charge in [-0.3, -0.25) is 9.89 Å². The minimum atomic E-state index is -0.246. The minimum absolute atomic E-state index is 0.246. The van der Waals surface area contributed by atoms with E-state index < -0.39 is 0 Å². The molecule has 0 unspecified atom stereocenters. The molecule has 2 rings (SSSR count). The highest BCUT2D eigenvalue weighted by Gasteiger charge is 2.12. The molecule has 0 aromatic carbocycles. The summed E-state index contributed by atoms with van der Waals surface area (Å²) >= 11 is 5.97. The van der Waals surface area contributed by atoms with Crippen molar-refractivity contribution in [3.63, 3.8) is 0 Å². The van der Waals surface area contributed by atoms with Crippen LogP contribution in [0, 0.1) is 6.92 Å². The molecular weight excluding hydrogens is 266 g/mol. The van der Waals surface area contributed by atoms with Gasteiger partial charge in [0.2, 0.25) is 0 Å². The lowest BCUT2D eigenvalue weighted by Gasteiger charge is -2.07. The Bertz CT molecular complexity index is 596. The lowest BCUT2D eigenvalue weighted by molar-refractivity contribution is 0.0951. The van der Waals surface area contributed by atoms with Crippen LogP contribution in [0.1, 0.15) is 21.6 Å². The normalized spacial score (nSPS) is 10.3. The van der Waals surface area contributed by atoms with E-state index >= 15 is 0 Å². The number of aromatic amines is 1. The summed E-state index contributed by atoms with van der Waals surface area (Å²) in [6.45, 7) is 2.29. The van der Waals surface area contributed by atoms with Gasteiger partial charge in [0, 0.05) is 31.0 Å². The van der Waals surface area contributed by atoms with E-state index in [1.54, 1.807) is 19.3 Å². The molecule has 2 aromatic rings. The van der Waals surface area contributed by atoms with Crippen LogP contribution < -0.4 is 10.6 Å². The van der Waals surface area contributed by atoms with Gasteiger partial charge >= 0.3 is 0 Å². The molecule has 0 spiro atoms. The molecule has 100 valence electrons. The Morgan fingerprint density at radius 2 is 2.26 bits per heavy atom. The second-order valence-electron chi connectivity index (χ2n) is 4.00. The Hall–Kier alpha value is -2.08. The molecule has 0 saturated carbocycles. The van der Waals surface area contributed by atoms with Crippen molar-refractivity contribution in [2.45, 2.75) is 13.5 Å². The zero-order valence-corrected chi connectivity index (χ0v) is 11.4. The Labute approximate surface area is 115 Å². The first-order valence-corrected chi connectivity index (χ1v) is 6.10. The number of amides is 1. The van der Waals surface area contributed by atoms with E-state index in [2.05, 4.69) is 25.8 Å². The number of aryl methyl sites for hydroxylation is 1. The summed E-state index contributed by atoms with van der Waals surface area (Å²) in [5, 5.41) is 12.7. The molecule has 19 heavy (non-hydrogen) atoms. The predicted octanol–water partition coefficient (Wildman–Crippen LogP) is 1.74. The topological polar surface area (TPSA) is 82.7 Å². The van der Waals surface area contributed by atoms with E-state index in [0.717, 1.165) is 11.3 Å². The van der Waals surface area contributed by atoms with Crippen LogP contribution in [-0.4, -0.2) is 28.1 Å². The van der Waals surface area contributed by atoms with Crippen molar-refractivity contribution in [2.75, 3.05) is 12.4 Å². The van der Waals surface area contributed by atoms with Crippen LogP contribution in [0.3, 0.4) is 0 Å². The van der Waals surface area contributed by atoms with Gasteiger partial charge in [0.15, 0.2) is 0 Å². The first-order chi connectivity index (χ1) is 9.11. The third-order valence-corrected chi connectivity index (χ3v) is 3.03. The summed E-state index contributed by atoms with van der Waals surface area (Å²) in [5.41, 5.74) is 2.26. The monoisotopic (exact) mass is 279 g/mol. The molecule has 6 nitrogen and oxygen atoms in total. The zero-order valence-electron chi connectivity index (χ0n) is 10.6. The maximum atomic E-state index is 12.1. The van der Waals surface area contributed by atoms with Crippen molar-refractivity contribution in [1.82, 2.24) is 20.5 Å². The smallest absolute Gasteiger partial charge is 0.253 e. The Balaban J connectivity index is 2.10. The van der Waals surface area contributed by atoms with Crippen molar-refractivity contribution in [3.05, 3.63) is 40.3 Å². The number of H-pyrrole nitrogens is 1. The third-order valence-electron chi connectivity index (χ3n) is 2.73. The summed E-state index contributed by atoms with van der Waals surface area (Å²) in [5.74, 6) is 0.346. The van der Waals surface area contributed by atoms with Crippen molar-refractivity contribution < 1.29 is 4.79 Å². The van der Waals surface area contributed by atoms with Crippen LogP contribution in [0.25, 0.3) is 0 Å². The highest BCUT2D eigenvalue weighted by Crippen LogP contribution is 2.17. The standard InChI is InChI=1S/C12H14ClN5O/c1-7-8(5-17-18-7)4-16-12(19)9-3-11(14-2)15-6-10(9)13/h3,5-6H,4H2,1-2H3,(H,14,15)(H,16,19)(H,17,18). The van der Waals surface area contributed by atoms with Crippen molar-refractivity contribution in [1.29, 1.82) is 0 Å². The number of pyridine rings is 1. The Kier molecular flexibility index (Phi) is 4.01. The highest BCUT2D eigenvalue weighted by molar-refractivity contribution is 6.33. The second-order valence-corrected chi connectivity index (χ2v) is 4.41. The number of anilines is 1. The van der Waals surface area contributed by atoms with Gasteiger partial charge in [-0.1, -0.05) is 11.6 Å². The molecule has 0 radical (unpaired) electrons. The molecule has 0 atom stereocenters. The fourth-order valence-electron chi connectivity index (χ4n) is 1.57. The molecule has 0 fully saturated rings. The predicted molar refractivity (Wildman–Crippen MR) is 73.3 cm³/mol. The number of rotatable bonds is 4. The van der Waals surface area contributed by atoms with E-state index in [4.69, 9.17) is 11.6 Å². The molecule has 1 amide bonds. The van der Waals surface area contributed by atoms with Gasteiger partial charge < -0.3 is 10.6 Å². The first kappa shape index (κ1) is 13.4. The summed E-state index contributed by atoms with van der Waals surface area (Å²) in [7, 11) is 1.73. The van der Waals surface area contributed by atoms with Crippen LogP contribution in [0.4, 0.5) is 5.82 Å². The number of nitrogens with one attached hydrogen (secondary N) is 3. The molecule has 3 N–H and O–H groups in total. The summed E-state index contributed by atoms with van der Waals surface area (Å²) in [6.07, 6.45) is 3.13. The summed E-state index contributed by atoms with van der Waals surface area (Å²) < 4.78 is 0. The van der Waals surface area contributed by atoms with Crippen molar-refractivity contribution >= 4 is 23.3 Å². The van der Waals surface area contributed by atoms with Gasteiger partial charge in [0.05, 0.1) is 16.8 Å². The molecule has 2 aromatic heterocycles. The van der Waals surface area contributed by atoms with E-state index in [-0.39, 0.29) is 5.91 Å². The number of halogens is 1. The van der Waals surface area contributed by atoms with Gasteiger partial charge in [-0.05, 0) is 13.0 Å². The maximum Gasteiger partial charge on any atom is 0.253 e. The molecule has 0 aliphatic rings. The van der Waals surface area contributed by atoms with E-state index in [9.17, 15) is 4.79 Å².